The van der Waals surface area contributed by atoms with Crippen LogP contribution in [0.25, 0.3) is 0 Å². The van der Waals surface area contributed by atoms with Gasteiger partial charge in [0.2, 0.25) is 11.0 Å². The third-order valence-corrected chi connectivity index (χ3v) is 4.17. The van der Waals surface area contributed by atoms with Gasteiger partial charge in [-0.15, -0.1) is 0 Å². The van der Waals surface area contributed by atoms with Gasteiger partial charge in [0.05, 0.1) is 6.04 Å². The maximum Gasteiger partial charge on any atom is 0.251 e. The highest BCUT2D eigenvalue weighted by atomic mass is 32.2. The Kier molecular flexibility index (Phi) is 5.01. The zero-order chi connectivity index (χ0) is 15.4. The number of carbonyl (C=O) groups excluding carboxylic acids is 3. The predicted octanol–water partition coefficient (Wildman–Crippen LogP) is 2.04. The summed E-state index contributed by atoms with van der Waals surface area (Å²) >= 11 is 1.25. The van der Waals surface area contributed by atoms with Crippen LogP contribution >= 0.6 is 11.8 Å². The van der Waals surface area contributed by atoms with Crippen LogP contribution in [0.4, 0.5) is 5.69 Å². The molecule has 1 aliphatic heterocycles. The van der Waals surface area contributed by atoms with E-state index >= 15 is 0 Å². The lowest BCUT2D eigenvalue weighted by molar-refractivity contribution is -0.119. The van der Waals surface area contributed by atoms with E-state index in [-0.39, 0.29) is 22.8 Å². The van der Waals surface area contributed by atoms with Crippen LogP contribution in [-0.2, 0) is 9.59 Å². The first-order valence-corrected chi connectivity index (χ1v) is 7.84. The predicted molar refractivity (Wildman–Crippen MR) is 83.2 cm³/mol. The van der Waals surface area contributed by atoms with E-state index in [9.17, 15) is 14.4 Å². The Bertz CT molecular complexity index is 572. The van der Waals surface area contributed by atoms with E-state index in [0.717, 1.165) is 5.75 Å². The highest BCUT2D eigenvalue weighted by Crippen LogP contribution is 2.20. The number of hydrogen-bond donors (Lipinski definition) is 2. The minimum absolute atomic E-state index is 0.00705. The summed E-state index contributed by atoms with van der Waals surface area (Å²) in [5, 5.41) is 5.48. The van der Waals surface area contributed by atoms with Crippen molar-refractivity contribution in [3.63, 3.8) is 0 Å². The molecule has 1 atom stereocenters. The molecule has 1 aliphatic rings. The van der Waals surface area contributed by atoms with Gasteiger partial charge in [-0.05, 0) is 24.6 Å². The van der Waals surface area contributed by atoms with Crippen LogP contribution in [0.1, 0.15) is 30.6 Å². The molecule has 6 heteroatoms. The summed E-state index contributed by atoms with van der Waals surface area (Å²) in [6.07, 6.45) is 0.666. The molecule has 0 spiro atoms. The van der Waals surface area contributed by atoms with E-state index in [1.54, 1.807) is 38.1 Å². The molecule has 1 aromatic rings. The number of carbonyl (C=O) groups is 3. The zero-order valence-corrected chi connectivity index (χ0v) is 12.8. The average molecular weight is 306 g/mol. The van der Waals surface area contributed by atoms with E-state index in [4.69, 9.17) is 0 Å². The van der Waals surface area contributed by atoms with Gasteiger partial charge in [0.15, 0.2) is 0 Å². The highest BCUT2D eigenvalue weighted by Gasteiger charge is 2.27. The first-order chi connectivity index (χ1) is 9.97. The number of benzene rings is 1. The maximum atomic E-state index is 12.1. The maximum absolute atomic E-state index is 12.1. The van der Waals surface area contributed by atoms with Gasteiger partial charge in [0, 0.05) is 22.9 Å². The molecule has 1 aromatic carbocycles. The molecule has 0 unspecified atom stereocenters. The summed E-state index contributed by atoms with van der Waals surface area (Å²) in [6, 6.07) is 6.30. The quantitative estimate of drug-likeness (QED) is 0.892. The molecule has 0 aliphatic carbocycles. The van der Waals surface area contributed by atoms with Crippen molar-refractivity contribution in [1.82, 2.24) is 5.32 Å². The second kappa shape index (κ2) is 6.76. The molecule has 21 heavy (non-hydrogen) atoms. The molecule has 0 aromatic heterocycles. The van der Waals surface area contributed by atoms with Gasteiger partial charge < -0.3 is 10.6 Å². The van der Waals surface area contributed by atoms with E-state index < -0.39 is 6.04 Å². The Morgan fingerprint density at radius 1 is 1.33 bits per heavy atom. The third-order valence-electron chi connectivity index (χ3n) is 3.16. The average Bonchev–Trinajstić information content (AvgIpc) is 2.84. The number of amides is 2. The van der Waals surface area contributed by atoms with E-state index in [2.05, 4.69) is 10.6 Å². The summed E-state index contributed by atoms with van der Waals surface area (Å²) in [6.45, 7) is 3.60. The molecule has 2 N–H and O–H groups in total. The van der Waals surface area contributed by atoms with Gasteiger partial charge in [-0.2, -0.15) is 0 Å². The van der Waals surface area contributed by atoms with Gasteiger partial charge in [-0.25, -0.2) is 0 Å². The van der Waals surface area contributed by atoms with Crippen LogP contribution in [0.3, 0.4) is 0 Å². The molecular formula is C15H18N2O3S. The molecule has 5 nitrogen and oxygen atoms in total. The Hall–Kier alpha value is -1.82. The number of nitrogens with one attached hydrogen (secondary N) is 2. The summed E-state index contributed by atoms with van der Waals surface area (Å²) < 4.78 is 0. The van der Waals surface area contributed by atoms with Crippen molar-refractivity contribution >= 4 is 34.4 Å². The molecule has 112 valence electrons. The van der Waals surface area contributed by atoms with Crippen LogP contribution in [0, 0.1) is 5.92 Å². The number of anilines is 1. The zero-order valence-electron chi connectivity index (χ0n) is 12.0. The van der Waals surface area contributed by atoms with Crippen molar-refractivity contribution in [2.75, 3.05) is 11.1 Å². The number of thioether (sulfide) groups is 1. The van der Waals surface area contributed by atoms with Crippen LogP contribution in [-0.4, -0.2) is 28.7 Å². The summed E-state index contributed by atoms with van der Waals surface area (Å²) in [5.74, 6) is 0.218. The van der Waals surface area contributed by atoms with E-state index in [0.29, 0.717) is 17.7 Å². The monoisotopic (exact) mass is 306 g/mol. The fraction of sp³-hybridized carbons (Fsp3) is 0.400. The van der Waals surface area contributed by atoms with Crippen LogP contribution in [0.15, 0.2) is 24.3 Å². The Labute approximate surface area is 127 Å². The Morgan fingerprint density at radius 2 is 2.10 bits per heavy atom. The molecule has 0 radical (unpaired) electrons. The van der Waals surface area contributed by atoms with Crippen LogP contribution in [0.5, 0.6) is 0 Å². The van der Waals surface area contributed by atoms with E-state index in [1.165, 1.54) is 11.8 Å². The topological polar surface area (TPSA) is 75.3 Å². The molecular weight excluding hydrogens is 288 g/mol. The largest absolute Gasteiger partial charge is 0.341 e. The van der Waals surface area contributed by atoms with Crippen molar-refractivity contribution in [2.24, 2.45) is 5.92 Å². The standard InChI is InChI=1S/C15H18N2O3S/c1-9(2)13(18)16-11-5-3-4-10(8-11)14(19)17-12-6-7-21-15(12)20/h3-5,8-9,12H,6-7H2,1-2H3,(H,16,18)(H,17,19)/t12-/m1/s1. The van der Waals surface area contributed by atoms with Gasteiger partial charge >= 0.3 is 0 Å². The Balaban J connectivity index is 2.04. The van der Waals surface area contributed by atoms with Gasteiger partial charge in [-0.3, -0.25) is 14.4 Å². The summed E-state index contributed by atoms with van der Waals surface area (Å²) in [5.41, 5.74) is 1.01. The van der Waals surface area contributed by atoms with Gasteiger partial charge in [0.1, 0.15) is 0 Å². The number of rotatable bonds is 4. The van der Waals surface area contributed by atoms with Crippen molar-refractivity contribution in [3.8, 4) is 0 Å². The lowest BCUT2D eigenvalue weighted by Gasteiger charge is -2.12. The molecule has 2 amide bonds. The summed E-state index contributed by atoms with van der Waals surface area (Å²) in [4.78, 5) is 35.3. The van der Waals surface area contributed by atoms with Crippen molar-refractivity contribution in [1.29, 1.82) is 0 Å². The second-order valence-corrected chi connectivity index (χ2v) is 6.31. The normalized spacial score (nSPS) is 17.9. The lowest BCUT2D eigenvalue weighted by Crippen LogP contribution is -2.37. The SMILES string of the molecule is CC(C)C(=O)Nc1cccc(C(=O)N[C@@H]2CCSC2=O)c1. The first kappa shape index (κ1) is 15.6. The fourth-order valence-corrected chi connectivity index (χ4v) is 2.83. The molecule has 2 rings (SSSR count). The van der Waals surface area contributed by atoms with Gasteiger partial charge in [0.25, 0.3) is 5.91 Å². The molecule has 0 bridgehead atoms. The van der Waals surface area contributed by atoms with E-state index in [1.807, 2.05) is 0 Å². The molecule has 1 heterocycles. The molecule has 0 saturated carbocycles. The minimum Gasteiger partial charge on any atom is -0.341 e. The molecule has 1 saturated heterocycles. The lowest BCUT2D eigenvalue weighted by atomic mass is 10.1. The Morgan fingerprint density at radius 3 is 2.71 bits per heavy atom. The van der Waals surface area contributed by atoms with Crippen molar-refractivity contribution < 1.29 is 14.4 Å². The minimum atomic E-state index is -0.406. The van der Waals surface area contributed by atoms with Crippen molar-refractivity contribution in [2.45, 2.75) is 26.3 Å². The summed E-state index contributed by atoms with van der Waals surface area (Å²) in [7, 11) is 0. The van der Waals surface area contributed by atoms with Crippen LogP contribution in [0.2, 0.25) is 0 Å². The van der Waals surface area contributed by atoms with Crippen molar-refractivity contribution in [3.05, 3.63) is 29.8 Å². The first-order valence-electron chi connectivity index (χ1n) is 6.86. The van der Waals surface area contributed by atoms with Crippen LogP contribution < -0.4 is 10.6 Å². The number of hydrogen-bond acceptors (Lipinski definition) is 4. The highest BCUT2D eigenvalue weighted by molar-refractivity contribution is 8.14. The van der Waals surface area contributed by atoms with Gasteiger partial charge in [-0.1, -0.05) is 31.7 Å². The second-order valence-electron chi connectivity index (χ2n) is 5.21. The smallest absolute Gasteiger partial charge is 0.251 e. The molecule has 1 fully saturated rings. The third kappa shape index (κ3) is 4.07. The fourth-order valence-electron chi connectivity index (χ4n) is 1.89.